The summed E-state index contributed by atoms with van der Waals surface area (Å²) in [5, 5.41) is 0. The van der Waals surface area contributed by atoms with E-state index in [4.69, 9.17) is 14.8 Å². The van der Waals surface area contributed by atoms with Gasteiger partial charge in [-0.3, -0.25) is 0 Å². The second-order valence-corrected chi connectivity index (χ2v) is 2.47. The van der Waals surface area contributed by atoms with Gasteiger partial charge < -0.3 is 0 Å². The normalized spacial score (nSPS) is 8.57. The summed E-state index contributed by atoms with van der Waals surface area (Å²) in [6.07, 6.45) is 0. The third-order valence-corrected chi connectivity index (χ3v) is 0. The van der Waals surface area contributed by atoms with Gasteiger partial charge in [0.15, 0.2) is 0 Å². The van der Waals surface area contributed by atoms with Gasteiger partial charge in [-0.1, -0.05) is 0 Å². The minimum absolute atomic E-state index is 0. The first kappa shape index (κ1) is 16.1. The Morgan fingerprint density at radius 3 is 0.857 bits per heavy atom. The SMILES string of the molecule is [BiH3].[MgH2].[OH][Ti]([OH])([OH])[OH]. The Hall–Kier alpha value is 2.20. The molecule has 44 valence electrons. The van der Waals surface area contributed by atoms with Crippen LogP contribution in [0.25, 0.3) is 0 Å². The van der Waals surface area contributed by atoms with E-state index in [2.05, 4.69) is 0 Å². The van der Waals surface area contributed by atoms with Crippen LogP contribution in [0.1, 0.15) is 0 Å². The molecule has 0 bridgehead atoms. The van der Waals surface area contributed by atoms with E-state index >= 15 is 0 Å². The average molecular weight is 354 g/mol. The first-order valence-electron chi connectivity index (χ1n) is 0.894. The molecule has 0 heterocycles. The molecule has 0 fully saturated rings. The van der Waals surface area contributed by atoms with Crippen LogP contribution in [-0.4, -0.2) is 64.0 Å². The van der Waals surface area contributed by atoms with Gasteiger partial charge in [0.2, 0.25) is 0 Å². The third kappa shape index (κ3) is 65.0. The minimum atomic E-state index is -5.00. The molecular weight excluding hydrogens is 345 g/mol. The molecule has 4 N–H and O–H groups in total. The predicted molar refractivity (Wildman–Crippen MR) is 27.4 cm³/mol. The summed E-state index contributed by atoms with van der Waals surface area (Å²) in [4.78, 5) is 0. The zero-order valence-electron chi connectivity index (χ0n) is 3.00. The van der Waals surface area contributed by atoms with Crippen LogP contribution in [0.5, 0.6) is 0 Å². The van der Waals surface area contributed by atoms with Gasteiger partial charge in [0, 0.05) is 0 Å². The average Bonchev–Trinajstić information content (AvgIpc) is 0.722. The van der Waals surface area contributed by atoms with Crippen LogP contribution in [0.2, 0.25) is 0 Å². The molecule has 0 aliphatic carbocycles. The Labute approximate surface area is 81.1 Å². The monoisotopic (exact) mass is 354 g/mol. The van der Waals surface area contributed by atoms with Gasteiger partial charge in [0.1, 0.15) is 0 Å². The van der Waals surface area contributed by atoms with Crippen LogP contribution in [0.4, 0.5) is 0 Å². The van der Waals surface area contributed by atoms with Crippen LogP contribution < -0.4 is 0 Å². The van der Waals surface area contributed by atoms with E-state index in [1.54, 1.807) is 0 Å². The van der Waals surface area contributed by atoms with Crippen molar-refractivity contribution >= 4 is 49.3 Å². The van der Waals surface area contributed by atoms with Crippen molar-refractivity contribution in [1.29, 1.82) is 0 Å². The summed E-state index contributed by atoms with van der Waals surface area (Å²) in [5.41, 5.74) is 0. The van der Waals surface area contributed by atoms with E-state index in [-0.39, 0.29) is 49.3 Å². The molecule has 7 heteroatoms. The Balaban J connectivity index is -0.0000000800. The van der Waals surface area contributed by atoms with Crippen molar-refractivity contribution in [3.63, 3.8) is 0 Å². The molecule has 0 aromatic carbocycles. The fourth-order valence-corrected chi connectivity index (χ4v) is 0. The van der Waals surface area contributed by atoms with E-state index in [0.29, 0.717) is 0 Å². The molecular formula is H9BiMgO4Ti. The molecule has 0 saturated heterocycles. The second kappa shape index (κ2) is 6.33. The van der Waals surface area contributed by atoms with E-state index in [9.17, 15) is 0 Å². The van der Waals surface area contributed by atoms with Crippen molar-refractivity contribution in [1.82, 2.24) is 0 Å². The van der Waals surface area contributed by atoms with Gasteiger partial charge in [-0.05, 0) is 0 Å². The Bertz CT molecular complexity index is 27.2. The quantitative estimate of drug-likeness (QED) is 0.332. The molecule has 0 aliphatic rings. The summed E-state index contributed by atoms with van der Waals surface area (Å²) in [5.74, 6) is 0. The van der Waals surface area contributed by atoms with Crippen LogP contribution in [0.15, 0.2) is 0 Å². The van der Waals surface area contributed by atoms with Crippen molar-refractivity contribution in [2.24, 2.45) is 0 Å². The van der Waals surface area contributed by atoms with Gasteiger partial charge in [0.25, 0.3) is 0 Å². The van der Waals surface area contributed by atoms with Crippen molar-refractivity contribution in [2.45, 2.75) is 0 Å². The summed E-state index contributed by atoms with van der Waals surface area (Å²) < 4.78 is 29.5. The molecule has 0 spiro atoms. The van der Waals surface area contributed by atoms with Crippen LogP contribution >= 0.6 is 0 Å². The molecule has 0 amide bonds. The van der Waals surface area contributed by atoms with Gasteiger partial charge in [-0.2, -0.15) is 0 Å². The van der Waals surface area contributed by atoms with Gasteiger partial charge in [-0.25, -0.2) is 0 Å². The summed E-state index contributed by atoms with van der Waals surface area (Å²) in [7, 11) is 0. The van der Waals surface area contributed by atoms with Crippen LogP contribution in [-0.2, 0) is 18.1 Å². The number of hydrogen-bond acceptors (Lipinski definition) is 4. The van der Waals surface area contributed by atoms with E-state index < -0.39 is 18.1 Å². The maximum absolute atomic E-state index is 7.38. The zero-order chi connectivity index (χ0) is 4.50. The number of hydrogen-bond donors (Lipinski definition) is 4. The molecule has 0 radical (unpaired) electrons. The fourth-order valence-electron chi connectivity index (χ4n) is 0. The molecule has 4 nitrogen and oxygen atoms in total. The topological polar surface area (TPSA) is 80.9 Å². The maximum atomic E-state index is 7.38. The molecule has 0 aromatic rings. The van der Waals surface area contributed by atoms with Crippen molar-refractivity contribution in [3.05, 3.63) is 0 Å². The Kier molecular flexibility index (Phi) is 14.5. The molecule has 0 aromatic heterocycles. The molecule has 0 saturated carbocycles. The van der Waals surface area contributed by atoms with Crippen molar-refractivity contribution in [3.8, 4) is 0 Å². The standard InChI is InChI=1S/Bi.Mg.4H2O.Ti.5H/h;;4*1H2;;;;;;/q;;;;;;+4;;;;;/p-4. The Morgan fingerprint density at radius 1 is 0.857 bits per heavy atom. The summed E-state index contributed by atoms with van der Waals surface area (Å²) >= 11 is -5.00. The number of rotatable bonds is 0. The zero-order valence-corrected chi connectivity index (χ0v) is 10.1. The van der Waals surface area contributed by atoms with Crippen LogP contribution in [0.3, 0.4) is 0 Å². The van der Waals surface area contributed by atoms with Gasteiger partial charge >= 0.3 is 82.1 Å². The van der Waals surface area contributed by atoms with Crippen molar-refractivity contribution in [2.75, 3.05) is 0 Å². The molecule has 0 unspecified atom stereocenters. The first-order valence-corrected chi connectivity index (χ1v) is 3.69. The van der Waals surface area contributed by atoms with Gasteiger partial charge in [-0.15, -0.1) is 0 Å². The predicted octanol–water partition coefficient (Wildman–Crippen LogP) is -4.33. The Morgan fingerprint density at radius 2 is 0.857 bits per heavy atom. The molecule has 0 aliphatic heterocycles. The third-order valence-electron chi connectivity index (χ3n) is 0. The van der Waals surface area contributed by atoms with E-state index in [0.717, 1.165) is 0 Å². The van der Waals surface area contributed by atoms with Gasteiger partial charge in [0.05, 0.1) is 0 Å². The summed E-state index contributed by atoms with van der Waals surface area (Å²) in [6, 6.07) is 0. The van der Waals surface area contributed by atoms with Crippen molar-refractivity contribution < 1.29 is 32.9 Å². The first-order chi connectivity index (χ1) is 2.00. The summed E-state index contributed by atoms with van der Waals surface area (Å²) in [6.45, 7) is 0. The molecule has 7 heavy (non-hydrogen) atoms. The van der Waals surface area contributed by atoms with E-state index in [1.165, 1.54) is 0 Å². The molecule has 0 atom stereocenters. The fraction of sp³-hybridized carbons (Fsp3) is 0. The second-order valence-electron chi connectivity index (χ2n) is 0.600. The van der Waals surface area contributed by atoms with E-state index in [1.807, 2.05) is 0 Å². The molecule has 0 rings (SSSR count). The van der Waals surface area contributed by atoms with Crippen LogP contribution in [0, 0.1) is 0 Å².